The van der Waals surface area contributed by atoms with Crippen molar-refractivity contribution in [2.24, 2.45) is 14.1 Å². The number of anilines is 6. The first-order valence-electron chi connectivity index (χ1n) is 23.5. The van der Waals surface area contributed by atoms with Crippen molar-refractivity contribution in [3.63, 3.8) is 0 Å². The average molecular weight is 855 g/mol. The zero-order valence-electron chi connectivity index (χ0n) is 37.8. The summed E-state index contributed by atoms with van der Waals surface area (Å²) in [5.74, 6) is 0. The van der Waals surface area contributed by atoms with Crippen molar-refractivity contribution in [3.05, 3.63) is 199 Å². The fraction of sp³-hybridized carbons (Fsp3) is 0.0645. The van der Waals surface area contributed by atoms with Crippen LogP contribution in [-0.2, 0) is 14.1 Å². The molecule has 0 atom stereocenters. The van der Waals surface area contributed by atoms with E-state index in [1.807, 2.05) is 0 Å². The van der Waals surface area contributed by atoms with Gasteiger partial charge in [0.1, 0.15) is 0 Å². The molecule has 0 saturated carbocycles. The van der Waals surface area contributed by atoms with E-state index in [0.29, 0.717) is 0 Å². The number of hydrogen-bond acceptors (Lipinski definition) is 2. The summed E-state index contributed by atoms with van der Waals surface area (Å²) < 4.78 is 5.00. The molecule has 0 spiro atoms. The second-order valence-corrected chi connectivity index (χ2v) is 19.1. The van der Waals surface area contributed by atoms with Crippen LogP contribution < -0.4 is 26.4 Å². The van der Waals surface area contributed by atoms with Crippen LogP contribution in [-0.4, -0.2) is 15.8 Å². The predicted octanol–water partition coefficient (Wildman–Crippen LogP) is 14.3. The van der Waals surface area contributed by atoms with Crippen molar-refractivity contribution < 1.29 is 0 Å². The maximum atomic E-state index is 2.60. The number of nitrogens with zero attached hydrogens (tertiary/aromatic N) is 4. The second kappa shape index (κ2) is 13.2. The predicted molar refractivity (Wildman–Crippen MR) is 288 cm³/mol. The summed E-state index contributed by atoms with van der Waals surface area (Å²) >= 11 is 0. The highest BCUT2D eigenvalue weighted by atomic mass is 15.2. The smallest absolute Gasteiger partial charge is 0.292 e. The minimum absolute atomic E-state index is 0.0467. The zero-order valence-corrected chi connectivity index (χ0v) is 37.8. The van der Waals surface area contributed by atoms with E-state index in [1.165, 1.54) is 137 Å². The normalized spacial score (nSPS) is 13.3. The summed E-state index contributed by atoms with van der Waals surface area (Å²) in [7, 11) is 4.58. The van der Waals surface area contributed by atoms with Gasteiger partial charge in [0.2, 0.25) is 0 Å². The SMILES string of the molecule is Cc1ccc2c(c1)c1c(n2C)B2c3c(cccc3N(c3ccc4c5ccccc5c5ccccc5c4c3)c3c2n(C)c2ccc(C)cc32)N1c1ccc2c3ccccc3c3ccccc3c2c1. The molecule has 2 aliphatic heterocycles. The molecule has 2 aliphatic rings. The molecule has 13 aromatic rings. The maximum Gasteiger partial charge on any atom is 0.292 e. The Balaban J connectivity index is 1.07. The molecule has 11 aromatic carbocycles. The minimum atomic E-state index is -0.0467. The van der Waals surface area contributed by atoms with Gasteiger partial charge < -0.3 is 18.9 Å². The summed E-state index contributed by atoms with van der Waals surface area (Å²) in [5, 5.41) is 17.9. The Morgan fingerprint density at radius 1 is 0.313 bits per heavy atom. The maximum absolute atomic E-state index is 2.60. The van der Waals surface area contributed by atoms with Gasteiger partial charge in [-0.1, -0.05) is 139 Å². The summed E-state index contributed by atoms with van der Waals surface area (Å²) in [5.41, 5.74) is 16.2. The molecule has 0 aliphatic carbocycles. The van der Waals surface area contributed by atoms with Crippen molar-refractivity contribution in [1.29, 1.82) is 0 Å². The van der Waals surface area contributed by atoms with Gasteiger partial charge in [0.05, 0.1) is 11.4 Å². The average Bonchev–Trinajstić information content (AvgIpc) is 3.82. The molecule has 0 unspecified atom stereocenters. The van der Waals surface area contributed by atoms with E-state index in [0.717, 1.165) is 11.4 Å². The van der Waals surface area contributed by atoms with Gasteiger partial charge in [0.25, 0.3) is 6.71 Å². The minimum Gasteiger partial charge on any atom is -0.353 e. The van der Waals surface area contributed by atoms with Crippen molar-refractivity contribution in [2.75, 3.05) is 9.80 Å². The lowest BCUT2D eigenvalue weighted by atomic mass is 9.36. The van der Waals surface area contributed by atoms with Crippen LogP contribution in [0.1, 0.15) is 11.1 Å². The number of benzene rings is 11. The van der Waals surface area contributed by atoms with Crippen molar-refractivity contribution in [2.45, 2.75) is 13.8 Å². The fourth-order valence-corrected chi connectivity index (χ4v) is 12.7. The van der Waals surface area contributed by atoms with Gasteiger partial charge in [0, 0.05) is 69.8 Å². The second-order valence-electron chi connectivity index (χ2n) is 19.1. The first-order valence-corrected chi connectivity index (χ1v) is 23.5. The van der Waals surface area contributed by atoms with Crippen LogP contribution in [0.5, 0.6) is 0 Å². The van der Waals surface area contributed by atoms with Crippen LogP contribution in [0.2, 0.25) is 0 Å². The third kappa shape index (κ3) is 4.78. The molecule has 0 N–H and O–H groups in total. The summed E-state index contributed by atoms with van der Waals surface area (Å²) in [6, 6.07) is 71.1. The van der Waals surface area contributed by atoms with Gasteiger partial charge in [-0.25, -0.2) is 0 Å². The lowest BCUT2D eigenvalue weighted by Crippen LogP contribution is -2.64. The Bertz CT molecular complexity index is 4020. The highest BCUT2D eigenvalue weighted by molar-refractivity contribution is 7.00. The third-order valence-electron chi connectivity index (χ3n) is 15.5. The van der Waals surface area contributed by atoms with Crippen LogP contribution in [0.25, 0.3) is 86.4 Å². The van der Waals surface area contributed by atoms with Gasteiger partial charge >= 0.3 is 0 Å². The zero-order chi connectivity index (χ0) is 44.4. The number of hydrogen-bond donors (Lipinski definition) is 0. The highest BCUT2D eigenvalue weighted by Crippen LogP contribution is 2.50. The standard InChI is InChI=1S/C62H43BN4/c1-36-24-30-54-52(32-36)59-61(64(54)3)63-58-56(66(59)38-26-28-48-44-18-7-5-14-40(44)42-16-9-11-20-46(42)50(48)34-38)22-13-23-57(58)67(60-53-33-37(2)25-31-55(53)65(4)62(60)63)39-27-29-49-45-19-8-6-15-41(45)43-17-10-12-21-47(43)51(49)35-39/h5-35H,1-4H3. The number of rotatable bonds is 2. The molecule has 5 heteroatoms. The van der Waals surface area contributed by atoms with Gasteiger partial charge in [0.15, 0.2) is 0 Å². The van der Waals surface area contributed by atoms with E-state index < -0.39 is 0 Å². The first kappa shape index (κ1) is 37.0. The number of aromatic nitrogens is 2. The largest absolute Gasteiger partial charge is 0.353 e. The van der Waals surface area contributed by atoms with E-state index in [2.05, 4.69) is 235 Å². The Morgan fingerprint density at radius 3 is 1.03 bits per heavy atom. The lowest BCUT2D eigenvalue weighted by Gasteiger charge is -2.43. The lowest BCUT2D eigenvalue weighted by molar-refractivity contribution is 0.982. The molecule has 2 aromatic heterocycles. The van der Waals surface area contributed by atoms with Crippen LogP contribution >= 0.6 is 0 Å². The van der Waals surface area contributed by atoms with Gasteiger partial charge in [-0.05, 0) is 145 Å². The van der Waals surface area contributed by atoms with Crippen molar-refractivity contribution >= 4 is 144 Å². The van der Waals surface area contributed by atoms with Gasteiger partial charge in [-0.3, -0.25) is 0 Å². The Kier molecular flexibility index (Phi) is 7.28. The highest BCUT2D eigenvalue weighted by Gasteiger charge is 2.48. The van der Waals surface area contributed by atoms with E-state index in [9.17, 15) is 0 Å². The molecule has 314 valence electrons. The Morgan fingerprint density at radius 2 is 0.657 bits per heavy atom. The van der Waals surface area contributed by atoms with Gasteiger partial charge in [-0.15, -0.1) is 0 Å². The fourth-order valence-electron chi connectivity index (χ4n) is 12.7. The quantitative estimate of drug-likeness (QED) is 0.127. The summed E-state index contributed by atoms with van der Waals surface area (Å²) in [4.78, 5) is 5.21. The van der Waals surface area contributed by atoms with Crippen LogP contribution in [0.15, 0.2) is 188 Å². The van der Waals surface area contributed by atoms with Crippen molar-refractivity contribution in [1.82, 2.24) is 9.13 Å². The molecule has 0 radical (unpaired) electrons. The van der Waals surface area contributed by atoms with Crippen molar-refractivity contribution in [3.8, 4) is 0 Å². The molecule has 15 rings (SSSR count). The Labute approximate surface area is 388 Å². The molecule has 4 nitrogen and oxygen atoms in total. The molecule has 0 amide bonds. The van der Waals surface area contributed by atoms with E-state index in [-0.39, 0.29) is 6.71 Å². The molecule has 0 fully saturated rings. The third-order valence-corrected chi connectivity index (χ3v) is 15.5. The monoisotopic (exact) mass is 854 g/mol. The van der Waals surface area contributed by atoms with Gasteiger partial charge in [-0.2, -0.15) is 0 Å². The van der Waals surface area contributed by atoms with E-state index in [1.54, 1.807) is 0 Å². The Hall–Kier alpha value is -8.28. The molecule has 67 heavy (non-hydrogen) atoms. The van der Waals surface area contributed by atoms with Crippen LogP contribution in [0.4, 0.5) is 34.1 Å². The molecular formula is C62H43BN4. The van der Waals surface area contributed by atoms with E-state index >= 15 is 0 Å². The molecule has 4 heterocycles. The number of fused-ring (bicyclic) bond motifs is 20. The molecular weight excluding hydrogens is 812 g/mol. The molecule has 0 bridgehead atoms. The summed E-state index contributed by atoms with van der Waals surface area (Å²) in [6.45, 7) is 4.41. The topological polar surface area (TPSA) is 16.3 Å². The molecule has 0 saturated heterocycles. The van der Waals surface area contributed by atoms with E-state index in [4.69, 9.17) is 0 Å². The first-order chi connectivity index (χ1) is 32.9. The summed E-state index contributed by atoms with van der Waals surface area (Å²) in [6.07, 6.45) is 0. The van der Waals surface area contributed by atoms with Crippen LogP contribution in [0.3, 0.4) is 0 Å². The van der Waals surface area contributed by atoms with Crippen LogP contribution in [0, 0.1) is 13.8 Å². The number of aryl methyl sites for hydroxylation is 4.